The number of amides is 1. The Bertz CT molecular complexity index is 748. The zero-order valence-corrected chi connectivity index (χ0v) is 18.2. The van der Waals surface area contributed by atoms with Gasteiger partial charge in [-0.15, -0.1) is 12.4 Å². The van der Waals surface area contributed by atoms with Gasteiger partial charge in [-0.2, -0.15) is 4.31 Å². The van der Waals surface area contributed by atoms with Crippen LogP contribution in [0.2, 0.25) is 0 Å². The molecule has 1 aromatic carbocycles. The molecule has 3 rings (SSSR count). The summed E-state index contributed by atoms with van der Waals surface area (Å²) in [7, 11) is -1.86. The van der Waals surface area contributed by atoms with Crippen molar-refractivity contribution < 1.29 is 13.2 Å². The molecule has 6 nitrogen and oxygen atoms in total. The zero-order valence-electron chi connectivity index (χ0n) is 16.5. The van der Waals surface area contributed by atoms with Crippen LogP contribution >= 0.6 is 12.4 Å². The lowest BCUT2D eigenvalue weighted by atomic mass is 9.96. The van der Waals surface area contributed by atoms with Gasteiger partial charge in [0.1, 0.15) is 0 Å². The molecule has 1 unspecified atom stereocenters. The minimum absolute atomic E-state index is 0. The fourth-order valence-electron chi connectivity index (χ4n) is 4.26. The van der Waals surface area contributed by atoms with Gasteiger partial charge in [0, 0.05) is 37.8 Å². The number of halogens is 1. The number of nitrogens with two attached hydrogens (primary N) is 1. The van der Waals surface area contributed by atoms with Crippen molar-refractivity contribution >= 4 is 28.3 Å². The predicted molar refractivity (Wildman–Crippen MR) is 113 cm³/mol. The Hall–Kier alpha value is -1.15. The second kappa shape index (κ2) is 10.1. The molecule has 0 radical (unpaired) electrons. The molecule has 28 heavy (non-hydrogen) atoms. The molecule has 2 fully saturated rings. The van der Waals surface area contributed by atoms with E-state index >= 15 is 0 Å². The molecule has 2 N–H and O–H groups in total. The van der Waals surface area contributed by atoms with E-state index in [4.69, 9.17) is 5.73 Å². The van der Waals surface area contributed by atoms with Crippen molar-refractivity contribution in [2.45, 2.75) is 68.3 Å². The first kappa shape index (κ1) is 23.1. The maximum Gasteiger partial charge on any atom is 0.254 e. The SMILES string of the molecule is CN(C1CCCCC1)S(=O)(=O)c1ccc(C(=O)N2CCCCC2CN)cc1.Cl. The smallest absolute Gasteiger partial charge is 0.254 e. The van der Waals surface area contributed by atoms with Crippen LogP contribution in [0.15, 0.2) is 29.2 Å². The van der Waals surface area contributed by atoms with Gasteiger partial charge in [0.2, 0.25) is 10.0 Å². The number of carbonyl (C=O) groups excluding carboxylic acids is 1. The lowest BCUT2D eigenvalue weighted by molar-refractivity contribution is 0.0623. The average Bonchev–Trinajstić information content (AvgIpc) is 2.73. The van der Waals surface area contributed by atoms with Crippen LogP contribution in [0.25, 0.3) is 0 Å². The fraction of sp³-hybridized carbons (Fsp3) is 0.650. The Morgan fingerprint density at radius 3 is 2.29 bits per heavy atom. The summed E-state index contributed by atoms with van der Waals surface area (Å²) in [5, 5.41) is 0. The topological polar surface area (TPSA) is 83.7 Å². The largest absolute Gasteiger partial charge is 0.334 e. The van der Waals surface area contributed by atoms with Crippen molar-refractivity contribution in [3.63, 3.8) is 0 Å². The zero-order chi connectivity index (χ0) is 19.4. The predicted octanol–water partition coefficient (Wildman–Crippen LogP) is 3.02. The van der Waals surface area contributed by atoms with Gasteiger partial charge in [-0.1, -0.05) is 19.3 Å². The molecular weight excluding hydrogens is 398 g/mol. The summed E-state index contributed by atoms with van der Waals surface area (Å²) in [5.74, 6) is -0.0604. The Balaban J connectivity index is 0.00000280. The maximum atomic E-state index is 12.9. The molecule has 0 spiro atoms. The second-order valence-electron chi connectivity index (χ2n) is 7.72. The second-order valence-corrected chi connectivity index (χ2v) is 9.72. The number of piperidine rings is 1. The third kappa shape index (κ3) is 4.87. The average molecular weight is 430 g/mol. The summed E-state index contributed by atoms with van der Waals surface area (Å²) < 4.78 is 27.4. The quantitative estimate of drug-likeness (QED) is 0.779. The van der Waals surface area contributed by atoms with Gasteiger partial charge in [-0.05, 0) is 56.4 Å². The van der Waals surface area contributed by atoms with E-state index in [9.17, 15) is 13.2 Å². The highest BCUT2D eigenvalue weighted by molar-refractivity contribution is 7.89. The number of sulfonamides is 1. The van der Waals surface area contributed by atoms with Crippen LogP contribution < -0.4 is 5.73 Å². The standard InChI is InChI=1S/C20H31N3O3S.ClH/c1-22(17-7-3-2-4-8-17)27(25,26)19-12-10-16(11-13-19)20(24)23-14-6-5-9-18(23)15-21;/h10-13,17-18H,2-9,14-15,21H2,1H3;1H. The van der Waals surface area contributed by atoms with Crippen LogP contribution in [-0.4, -0.2) is 55.8 Å². The summed E-state index contributed by atoms with van der Waals surface area (Å²) in [6.07, 6.45) is 8.19. The van der Waals surface area contributed by atoms with Gasteiger partial charge >= 0.3 is 0 Å². The summed E-state index contributed by atoms with van der Waals surface area (Å²) >= 11 is 0. The van der Waals surface area contributed by atoms with Crippen molar-refractivity contribution in [2.24, 2.45) is 5.73 Å². The van der Waals surface area contributed by atoms with Crippen LogP contribution in [0.1, 0.15) is 61.7 Å². The molecule has 1 saturated heterocycles. The summed E-state index contributed by atoms with van der Waals surface area (Å²) in [5.41, 5.74) is 6.34. The van der Waals surface area contributed by atoms with Crippen LogP contribution in [-0.2, 0) is 10.0 Å². The first-order valence-corrected chi connectivity index (χ1v) is 11.5. The lowest BCUT2D eigenvalue weighted by Gasteiger charge is -2.35. The Morgan fingerprint density at radius 2 is 1.68 bits per heavy atom. The minimum atomic E-state index is -3.53. The molecule has 1 aliphatic heterocycles. The first-order chi connectivity index (χ1) is 12.9. The van der Waals surface area contributed by atoms with E-state index in [0.717, 1.165) is 44.9 Å². The van der Waals surface area contributed by atoms with Crippen LogP contribution in [0.3, 0.4) is 0 Å². The molecule has 0 aromatic heterocycles. The number of likely N-dealkylation sites (tertiary alicyclic amines) is 1. The summed E-state index contributed by atoms with van der Waals surface area (Å²) in [6, 6.07) is 6.53. The first-order valence-electron chi connectivity index (χ1n) is 10.0. The van der Waals surface area contributed by atoms with Crippen LogP contribution in [0.5, 0.6) is 0 Å². The Morgan fingerprint density at radius 1 is 1.07 bits per heavy atom. The van der Waals surface area contributed by atoms with Gasteiger partial charge in [0.15, 0.2) is 0 Å². The molecular formula is C20H32ClN3O3S. The molecule has 8 heteroatoms. The van der Waals surface area contributed by atoms with Gasteiger partial charge in [0.05, 0.1) is 4.90 Å². The molecule has 1 atom stereocenters. The monoisotopic (exact) mass is 429 g/mol. The van der Waals surface area contributed by atoms with Crippen molar-refractivity contribution in [3.8, 4) is 0 Å². The number of benzene rings is 1. The molecule has 158 valence electrons. The maximum absolute atomic E-state index is 12.9. The van der Waals surface area contributed by atoms with Gasteiger partial charge in [-0.25, -0.2) is 8.42 Å². The van der Waals surface area contributed by atoms with Crippen LogP contribution in [0.4, 0.5) is 0 Å². The van der Waals surface area contributed by atoms with Gasteiger partial charge in [-0.3, -0.25) is 4.79 Å². The van der Waals surface area contributed by atoms with E-state index in [1.165, 1.54) is 10.7 Å². The third-order valence-electron chi connectivity index (χ3n) is 6.03. The lowest BCUT2D eigenvalue weighted by Crippen LogP contribution is -2.47. The molecule has 1 saturated carbocycles. The van der Waals surface area contributed by atoms with Crippen LogP contribution in [0, 0.1) is 0 Å². The molecule has 2 aliphatic rings. The van der Waals surface area contributed by atoms with E-state index in [2.05, 4.69) is 0 Å². The fourth-order valence-corrected chi connectivity index (χ4v) is 5.67. The molecule has 1 aromatic rings. The van der Waals surface area contributed by atoms with E-state index in [1.807, 2.05) is 4.90 Å². The highest BCUT2D eigenvalue weighted by atomic mass is 35.5. The number of carbonyl (C=O) groups is 1. The summed E-state index contributed by atoms with van der Waals surface area (Å²) in [4.78, 5) is 14.9. The van der Waals surface area contributed by atoms with Gasteiger partial charge in [0.25, 0.3) is 5.91 Å². The van der Waals surface area contributed by atoms with E-state index in [0.29, 0.717) is 18.7 Å². The Kier molecular flexibility index (Phi) is 8.30. The van der Waals surface area contributed by atoms with Gasteiger partial charge < -0.3 is 10.6 Å². The molecule has 1 heterocycles. The van der Waals surface area contributed by atoms with E-state index in [-0.39, 0.29) is 35.3 Å². The molecule has 1 aliphatic carbocycles. The molecule has 0 bridgehead atoms. The van der Waals surface area contributed by atoms with Crippen molar-refractivity contribution in [2.75, 3.05) is 20.1 Å². The third-order valence-corrected chi connectivity index (χ3v) is 7.95. The summed E-state index contributed by atoms with van der Waals surface area (Å²) in [6.45, 7) is 1.18. The number of hydrogen-bond acceptors (Lipinski definition) is 4. The molecule has 1 amide bonds. The highest BCUT2D eigenvalue weighted by Gasteiger charge is 2.30. The number of rotatable bonds is 5. The highest BCUT2D eigenvalue weighted by Crippen LogP contribution is 2.27. The minimum Gasteiger partial charge on any atom is -0.334 e. The van der Waals surface area contributed by atoms with Crippen molar-refractivity contribution in [3.05, 3.63) is 29.8 Å². The van der Waals surface area contributed by atoms with Crippen molar-refractivity contribution in [1.29, 1.82) is 0 Å². The number of hydrogen-bond donors (Lipinski definition) is 1. The van der Waals surface area contributed by atoms with E-state index < -0.39 is 10.0 Å². The van der Waals surface area contributed by atoms with E-state index in [1.54, 1.807) is 31.3 Å². The number of nitrogens with zero attached hydrogens (tertiary/aromatic N) is 2. The normalized spacial score (nSPS) is 21.4. The van der Waals surface area contributed by atoms with Crippen molar-refractivity contribution in [1.82, 2.24) is 9.21 Å². The Labute approximate surface area is 174 Å².